The molecule has 0 aromatic carbocycles. The van der Waals surface area contributed by atoms with Crippen LogP contribution in [-0.2, 0) is 4.74 Å². The molecule has 0 rings (SSSR count). The van der Waals surface area contributed by atoms with E-state index in [1.165, 1.54) is 0 Å². The first-order valence-electron chi connectivity index (χ1n) is 5.74. The molecule has 6 N–H and O–H groups in total. The first kappa shape index (κ1) is 16.3. The minimum absolute atomic E-state index is 0.0953. The Morgan fingerprint density at radius 1 is 0.941 bits per heavy atom. The highest BCUT2D eigenvalue weighted by Gasteiger charge is 2.25. The second-order valence-electron chi connectivity index (χ2n) is 3.87. The van der Waals surface area contributed by atoms with Gasteiger partial charge in [-0.15, -0.1) is 13.2 Å². The molecule has 0 aliphatic heterocycles. The van der Waals surface area contributed by atoms with Crippen molar-refractivity contribution >= 4 is 0 Å². The van der Waals surface area contributed by atoms with Gasteiger partial charge in [0.05, 0.1) is 24.4 Å². The molecule has 0 aliphatic rings. The highest BCUT2D eigenvalue weighted by Crippen LogP contribution is 2.13. The molecule has 4 atom stereocenters. The van der Waals surface area contributed by atoms with Gasteiger partial charge >= 0.3 is 0 Å². The second kappa shape index (κ2) is 9.32. The third-order valence-electron chi connectivity index (χ3n) is 2.49. The minimum atomic E-state index is -0.787. The second-order valence-corrected chi connectivity index (χ2v) is 3.87. The lowest BCUT2D eigenvalue weighted by molar-refractivity contribution is -0.108. The predicted octanol–water partition coefficient (Wildman–Crippen LogP) is -0.468. The summed E-state index contributed by atoms with van der Waals surface area (Å²) in [5.74, 6) is 0. The third-order valence-corrected chi connectivity index (χ3v) is 2.49. The quantitative estimate of drug-likeness (QED) is 0.389. The molecule has 100 valence electrons. The monoisotopic (exact) mass is 244 g/mol. The molecule has 4 unspecified atom stereocenters. The van der Waals surface area contributed by atoms with Crippen LogP contribution in [0.1, 0.15) is 12.8 Å². The van der Waals surface area contributed by atoms with Crippen LogP contribution in [0.5, 0.6) is 0 Å². The molecular weight excluding hydrogens is 220 g/mol. The summed E-state index contributed by atoms with van der Waals surface area (Å²) in [6.07, 6.45) is 1.67. The summed E-state index contributed by atoms with van der Waals surface area (Å²) in [6.45, 7) is 7.38. The van der Waals surface area contributed by atoms with Crippen LogP contribution in [0.2, 0.25) is 0 Å². The highest BCUT2D eigenvalue weighted by molar-refractivity contribution is 4.85. The molecule has 0 fully saturated rings. The number of aliphatic hydroxyl groups is 2. The predicted molar refractivity (Wildman–Crippen MR) is 68.4 cm³/mol. The van der Waals surface area contributed by atoms with Crippen LogP contribution in [0.15, 0.2) is 25.3 Å². The molecule has 5 heteroatoms. The average molecular weight is 244 g/mol. The van der Waals surface area contributed by atoms with Gasteiger partial charge in [-0.05, 0) is 12.8 Å². The van der Waals surface area contributed by atoms with E-state index in [-0.39, 0.29) is 13.1 Å². The Morgan fingerprint density at radius 3 is 1.53 bits per heavy atom. The number of hydrogen-bond acceptors (Lipinski definition) is 5. The fourth-order valence-corrected chi connectivity index (χ4v) is 1.46. The van der Waals surface area contributed by atoms with Crippen LogP contribution in [0, 0.1) is 0 Å². The zero-order chi connectivity index (χ0) is 13.3. The maximum Gasteiger partial charge on any atom is 0.0926 e. The Bertz CT molecular complexity index is 202. The zero-order valence-electron chi connectivity index (χ0n) is 10.2. The van der Waals surface area contributed by atoms with Crippen molar-refractivity contribution in [3.8, 4) is 0 Å². The summed E-state index contributed by atoms with van der Waals surface area (Å²) >= 11 is 0. The van der Waals surface area contributed by atoms with Gasteiger partial charge in [-0.25, -0.2) is 0 Å². The molecule has 0 heterocycles. The van der Waals surface area contributed by atoms with Gasteiger partial charge in [0.1, 0.15) is 0 Å². The molecule has 0 radical (unpaired) electrons. The van der Waals surface area contributed by atoms with Gasteiger partial charge in [0.2, 0.25) is 0 Å². The SMILES string of the molecule is C=CCC(OC(CC=C)C(O)CN)C(O)CN. The summed E-state index contributed by atoms with van der Waals surface area (Å²) in [4.78, 5) is 0. The number of aliphatic hydroxyl groups excluding tert-OH is 2. The number of rotatable bonds is 10. The normalized spacial score (nSPS) is 18.1. The van der Waals surface area contributed by atoms with E-state index in [1.807, 2.05) is 0 Å². The molecule has 0 amide bonds. The molecule has 0 saturated carbocycles. The lowest BCUT2D eigenvalue weighted by atomic mass is 10.1. The van der Waals surface area contributed by atoms with Crippen LogP contribution in [0.3, 0.4) is 0 Å². The average Bonchev–Trinajstić information content (AvgIpc) is 2.35. The number of hydrogen-bond donors (Lipinski definition) is 4. The molecule has 0 aromatic heterocycles. The molecule has 0 spiro atoms. The fraction of sp³-hybridized carbons (Fsp3) is 0.667. The van der Waals surface area contributed by atoms with Crippen molar-refractivity contribution < 1.29 is 14.9 Å². The van der Waals surface area contributed by atoms with E-state index in [2.05, 4.69) is 13.2 Å². The maximum absolute atomic E-state index is 9.68. The smallest absolute Gasteiger partial charge is 0.0926 e. The van der Waals surface area contributed by atoms with Crippen LogP contribution in [0.4, 0.5) is 0 Å². The Balaban J connectivity index is 4.53. The first-order valence-corrected chi connectivity index (χ1v) is 5.74. The fourth-order valence-electron chi connectivity index (χ4n) is 1.46. The Kier molecular flexibility index (Phi) is 8.93. The van der Waals surface area contributed by atoms with E-state index < -0.39 is 24.4 Å². The Labute approximate surface area is 103 Å². The molecule has 5 nitrogen and oxygen atoms in total. The molecule has 0 aromatic rings. The molecule has 17 heavy (non-hydrogen) atoms. The lowest BCUT2D eigenvalue weighted by Gasteiger charge is -2.29. The molecular formula is C12H24N2O3. The van der Waals surface area contributed by atoms with E-state index in [0.29, 0.717) is 12.8 Å². The van der Waals surface area contributed by atoms with Crippen molar-refractivity contribution in [1.29, 1.82) is 0 Å². The molecule has 0 bridgehead atoms. The van der Waals surface area contributed by atoms with Crippen molar-refractivity contribution in [2.75, 3.05) is 13.1 Å². The van der Waals surface area contributed by atoms with Gasteiger partial charge in [0.25, 0.3) is 0 Å². The lowest BCUT2D eigenvalue weighted by Crippen LogP contribution is -2.43. The van der Waals surface area contributed by atoms with Crippen molar-refractivity contribution in [1.82, 2.24) is 0 Å². The molecule has 0 saturated heterocycles. The van der Waals surface area contributed by atoms with Crippen molar-refractivity contribution in [2.24, 2.45) is 11.5 Å². The van der Waals surface area contributed by atoms with E-state index in [1.54, 1.807) is 12.2 Å². The largest absolute Gasteiger partial charge is 0.389 e. The number of nitrogens with two attached hydrogens (primary N) is 2. The number of ether oxygens (including phenoxy) is 1. The van der Waals surface area contributed by atoms with E-state index in [9.17, 15) is 10.2 Å². The molecule has 0 aliphatic carbocycles. The summed E-state index contributed by atoms with van der Waals surface area (Å²) in [7, 11) is 0. The summed E-state index contributed by atoms with van der Waals surface area (Å²) < 4.78 is 5.63. The topological polar surface area (TPSA) is 102 Å². The van der Waals surface area contributed by atoms with Crippen molar-refractivity contribution in [2.45, 2.75) is 37.3 Å². The van der Waals surface area contributed by atoms with Gasteiger partial charge in [-0.2, -0.15) is 0 Å². The summed E-state index contributed by atoms with van der Waals surface area (Å²) in [5.41, 5.74) is 10.8. The van der Waals surface area contributed by atoms with Gasteiger partial charge in [0, 0.05) is 13.1 Å². The van der Waals surface area contributed by atoms with Crippen LogP contribution < -0.4 is 11.5 Å². The minimum Gasteiger partial charge on any atom is -0.389 e. The summed E-state index contributed by atoms with van der Waals surface area (Å²) in [5, 5.41) is 19.4. The van der Waals surface area contributed by atoms with Crippen molar-refractivity contribution in [3.63, 3.8) is 0 Å². The van der Waals surface area contributed by atoms with Gasteiger partial charge in [-0.1, -0.05) is 12.2 Å². The van der Waals surface area contributed by atoms with Gasteiger partial charge < -0.3 is 26.4 Å². The van der Waals surface area contributed by atoms with Gasteiger partial charge in [-0.3, -0.25) is 0 Å². The highest BCUT2D eigenvalue weighted by atomic mass is 16.5. The van der Waals surface area contributed by atoms with E-state index in [0.717, 1.165) is 0 Å². The standard InChI is InChI=1S/C12H24N2O3/c1-3-5-11(9(15)7-13)17-12(6-4-2)10(16)8-14/h3-4,9-12,15-16H,1-2,5-8,13-14H2. The third kappa shape index (κ3) is 5.95. The van der Waals surface area contributed by atoms with Crippen LogP contribution in [0.25, 0.3) is 0 Å². The first-order chi connectivity index (χ1) is 8.10. The van der Waals surface area contributed by atoms with Crippen LogP contribution >= 0.6 is 0 Å². The van der Waals surface area contributed by atoms with Crippen LogP contribution in [-0.4, -0.2) is 47.7 Å². The maximum atomic E-state index is 9.68. The summed E-state index contributed by atoms with van der Waals surface area (Å²) in [6, 6.07) is 0. The van der Waals surface area contributed by atoms with E-state index >= 15 is 0 Å². The van der Waals surface area contributed by atoms with E-state index in [4.69, 9.17) is 16.2 Å². The Morgan fingerprint density at radius 2 is 1.29 bits per heavy atom. The Hall–Kier alpha value is -0.720. The van der Waals surface area contributed by atoms with Gasteiger partial charge in [0.15, 0.2) is 0 Å². The zero-order valence-corrected chi connectivity index (χ0v) is 10.2. The van der Waals surface area contributed by atoms with Crippen molar-refractivity contribution in [3.05, 3.63) is 25.3 Å².